The maximum Gasteiger partial charge on any atom is 0.326 e. The number of urea groups is 1. The summed E-state index contributed by atoms with van der Waals surface area (Å²) in [5, 5.41) is 13.6. The van der Waals surface area contributed by atoms with E-state index in [1.807, 2.05) is 0 Å². The van der Waals surface area contributed by atoms with E-state index in [0.29, 0.717) is 11.4 Å². The fourth-order valence-corrected chi connectivity index (χ4v) is 1.45. The summed E-state index contributed by atoms with van der Waals surface area (Å²) in [4.78, 5) is 33.7. The molecule has 8 nitrogen and oxygen atoms in total. The Bertz CT molecular complexity index is 514. The zero-order chi connectivity index (χ0) is 15.8. The number of carboxylic acids is 1. The van der Waals surface area contributed by atoms with Gasteiger partial charge in [-0.1, -0.05) is 0 Å². The number of carboxylic acid groups (broad SMARTS) is 1. The minimum atomic E-state index is -1.37. The van der Waals surface area contributed by atoms with Gasteiger partial charge in [-0.3, -0.25) is 4.79 Å². The fourth-order valence-electron chi connectivity index (χ4n) is 1.45. The minimum Gasteiger partial charge on any atom is -0.497 e. The molecule has 0 heterocycles. The van der Waals surface area contributed by atoms with Crippen LogP contribution in [0.2, 0.25) is 0 Å². The van der Waals surface area contributed by atoms with Gasteiger partial charge in [-0.2, -0.15) is 0 Å². The average molecular weight is 296 g/mol. The lowest BCUT2D eigenvalue weighted by Crippen LogP contribution is -2.44. The third-order valence-electron chi connectivity index (χ3n) is 2.55. The Kier molecular flexibility index (Phi) is 5.99. The lowest BCUT2D eigenvalue weighted by Gasteiger charge is -2.14. The molecule has 0 saturated carbocycles. The van der Waals surface area contributed by atoms with Gasteiger partial charge in [-0.15, -0.1) is 0 Å². The van der Waals surface area contributed by atoms with Gasteiger partial charge in [0.25, 0.3) is 0 Å². The van der Waals surface area contributed by atoms with Crippen LogP contribution in [0.3, 0.4) is 0 Å². The van der Waals surface area contributed by atoms with Gasteiger partial charge in [0.05, 0.1) is 20.6 Å². The lowest BCUT2D eigenvalue weighted by molar-refractivity contribution is -0.147. The molecule has 0 spiro atoms. The number of hydrogen-bond donors (Lipinski definition) is 3. The lowest BCUT2D eigenvalue weighted by atomic mass is 10.2. The van der Waals surface area contributed by atoms with E-state index in [-0.39, 0.29) is 0 Å². The highest BCUT2D eigenvalue weighted by Gasteiger charge is 2.23. The molecule has 0 fully saturated rings. The van der Waals surface area contributed by atoms with Gasteiger partial charge in [0.1, 0.15) is 11.8 Å². The summed E-state index contributed by atoms with van der Waals surface area (Å²) in [6.45, 7) is 0. The number of carbonyl (C=O) groups excluding carboxylic acids is 2. The Morgan fingerprint density at radius 2 is 1.81 bits per heavy atom. The number of esters is 1. The fraction of sp³-hybridized carbons (Fsp3) is 0.308. The second-order valence-electron chi connectivity index (χ2n) is 4.00. The first-order valence-electron chi connectivity index (χ1n) is 5.97. The van der Waals surface area contributed by atoms with E-state index < -0.39 is 30.4 Å². The van der Waals surface area contributed by atoms with E-state index in [2.05, 4.69) is 15.4 Å². The molecule has 0 radical (unpaired) electrons. The van der Waals surface area contributed by atoms with Gasteiger partial charge in [-0.05, 0) is 24.3 Å². The number of rotatable bonds is 6. The van der Waals surface area contributed by atoms with E-state index in [1.165, 1.54) is 7.11 Å². The molecular weight excluding hydrogens is 280 g/mol. The summed E-state index contributed by atoms with van der Waals surface area (Å²) >= 11 is 0. The molecule has 0 unspecified atom stereocenters. The molecule has 1 atom stereocenters. The van der Waals surface area contributed by atoms with Crippen molar-refractivity contribution in [1.82, 2.24) is 5.32 Å². The second kappa shape index (κ2) is 7.73. The van der Waals surface area contributed by atoms with Crippen molar-refractivity contribution in [1.29, 1.82) is 0 Å². The summed E-state index contributed by atoms with van der Waals surface area (Å²) in [5.41, 5.74) is 0.454. The molecule has 8 heteroatoms. The van der Waals surface area contributed by atoms with Crippen molar-refractivity contribution in [2.45, 2.75) is 12.5 Å². The first-order valence-corrected chi connectivity index (χ1v) is 5.97. The van der Waals surface area contributed by atoms with Crippen LogP contribution < -0.4 is 15.4 Å². The topological polar surface area (TPSA) is 114 Å². The maximum atomic E-state index is 11.7. The molecule has 0 aliphatic carbocycles. The summed E-state index contributed by atoms with van der Waals surface area (Å²) < 4.78 is 9.34. The van der Waals surface area contributed by atoms with Crippen molar-refractivity contribution < 1.29 is 29.0 Å². The molecule has 1 aromatic carbocycles. The van der Waals surface area contributed by atoms with E-state index >= 15 is 0 Å². The van der Waals surface area contributed by atoms with Crippen molar-refractivity contribution in [2.24, 2.45) is 0 Å². The number of aliphatic carboxylic acids is 1. The molecule has 21 heavy (non-hydrogen) atoms. The van der Waals surface area contributed by atoms with Crippen molar-refractivity contribution >= 4 is 23.7 Å². The van der Waals surface area contributed by atoms with Crippen LogP contribution in [0.1, 0.15) is 6.42 Å². The van der Waals surface area contributed by atoms with Gasteiger partial charge in [0, 0.05) is 5.69 Å². The van der Waals surface area contributed by atoms with E-state index in [1.54, 1.807) is 24.3 Å². The zero-order valence-corrected chi connectivity index (χ0v) is 11.6. The van der Waals surface area contributed by atoms with Crippen LogP contribution in [0.5, 0.6) is 5.75 Å². The van der Waals surface area contributed by atoms with Gasteiger partial charge >= 0.3 is 18.0 Å². The molecule has 0 bridgehead atoms. The minimum absolute atomic E-state index is 0.454. The highest BCUT2D eigenvalue weighted by atomic mass is 16.5. The molecule has 0 aliphatic rings. The Morgan fingerprint density at radius 3 is 2.29 bits per heavy atom. The number of hydrogen-bond acceptors (Lipinski definition) is 5. The normalized spacial score (nSPS) is 11.1. The highest BCUT2D eigenvalue weighted by molar-refractivity contribution is 5.93. The van der Waals surface area contributed by atoms with Crippen LogP contribution in [0.4, 0.5) is 10.5 Å². The Hall–Kier alpha value is -2.77. The number of anilines is 1. The molecule has 3 N–H and O–H groups in total. The number of carbonyl (C=O) groups is 3. The van der Waals surface area contributed by atoms with Crippen LogP contribution in [-0.4, -0.2) is 43.3 Å². The summed E-state index contributed by atoms with van der Waals surface area (Å²) in [6, 6.07) is 4.35. The number of amides is 2. The van der Waals surface area contributed by atoms with Crippen LogP contribution in [0.15, 0.2) is 24.3 Å². The monoisotopic (exact) mass is 296 g/mol. The SMILES string of the molecule is COC(=O)C[C@H](NC(=O)Nc1ccc(OC)cc1)C(=O)O. The molecule has 2 amide bonds. The first kappa shape index (κ1) is 16.3. The van der Waals surface area contributed by atoms with Gasteiger partial charge in [0.15, 0.2) is 0 Å². The van der Waals surface area contributed by atoms with Crippen LogP contribution >= 0.6 is 0 Å². The van der Waals surface area contributed by atoms with Crippen LogP contribution in [0.25, 0.3) is 0 Å². The van der Waals surface area contributed by atoms with Crippen molar-refractivity contribution in [3.63, 3.8) is 0 Å². The second-order valence-corrected chi connectivity index (χ2v) is 4.00. The van der Waals surface area contributed by atoms with Gasteiger partial charge in [-0.25, -0.2) is 9.59 Å². The number of methoxy groups -OCH3 is 2. The molecule has 0 aliphatic heterocycles. The Labute approximate surface area is 121 Å². The van der Waals surface area contributed by atoms with E-state index in [4.69, 9.17) is 9.84 Å². The summed E-state index contributed by atoms with van der Waals surface area (Å²) in [7, 11) is 2.65. The average Bonchev–Trinajstić information content (AvgIpc) is 2.47. The molecule has 1 aromatic rings. The standard InChI is InChI=1S/C13H16N2O6/c1-20-9-5-3-8(4-6-9)14-13(19)15-10(12(17)18)7-11(16)21-2/h3-6,10H,7H2,1-2H3,(H,17,18)(H2,14,15,19)/t10-/m0/s1. The van der Waals surface area contributed by atoms with Crippen molar-refractivity contribution in [2.75, 3.05) is 19.5 Å². The highest BCUT2D eigenvalue weighted by Crippen LogP contribution is 2.14. The molecule has 1 rings (SSSR count). The Balaban J connectivity index is 2.60. The van der Waals surface area contributed by atoms with E-state index in [0.717, 1.165) is 7.11 Å². The number of ether oxygens (including phenoxy) is 2. The van der Waals surface area contributed by atoms with Crippen molar-refractivity contribution in [3.05, 3.63) is 24.3 Å². The van der Waals surface area contributed by atoms with Crippen LogP contribution in [-0.2, 0) is 14.3 Å². The molecule has 0 aromatic heterocycles. The molecule has 0 saturated heterocycles. The maximum absolute atomic E-state index is 11.7. The largest absolute Gasteiger partial charge is 0.497 e. The van der Waals surface area contributed by atoms with E-state index in [9.17, 15) is 14.4 Å². The third kappa shape index (κ3) is 5.39. The van der Waals surface area contributed by atoms with Gasteiger partial charge < -0.3 is 25.2 Å². The smallest absolute Gasteiger partial charge is 0.326 e. The van der Waals surface area contributed by atoms with Gasteiger partial charge in [0.2, 0.25) is 0 Å². The molecular formula is C13H16N2O6. The first-order chi connectivity index (χ1) is 9.96. The predicted octanol–water partition coefficient (Wildman–Crippen LogP) is 0.833. The van der Waals surface area contributed by atoms with Crippen LogP contribution in [0, 0.1) is 0 Å². The van der Waals surface area contributed by atoms with Crippen molar-refractivity contribution in [3.8, 4) is 5.75 Å². The predicted molar refractivity (Wildman–Crippen MR) is 73.2 cm³/mol. The quantitative estimate of drug-likeness (QED) is 0.670. The summed E-state index contributed by atoms with van der Waals surface area (Å²) in [6.07, 6.45) is -0.456. The number of benzene rings is 1. The Morgan fingerprint density at radius 1 is 1.19 bits per heavy atom. The summed E-state index contributed by atoms with van der Waals surface area (Å²) in [5.74, 6) is -1.44. The third-order valence-corrected chi connectivity index (χ3v) is 2.55. The number of nitrogens with one attached hydrogen (secondary N) is 2. The molecule has 114 valence electrons. The zero-order valence-electron chi connectivity index (χ0n) is 11.6.